The van der Waals surface area contributed by atoms with Crippen LogP contribution in [0.1, 0.15) is 54.1 Å². The lowest BCUT2D eigenvalue weighted by Crippen LogP contribution is -2.44. The summed E-state index contributed by atoms with van der Waals surface area (Å²) in [5.74, 6) is 0.743. The highest BCUT2D eigenvalue weighted by Gasteiger charge is 2.35. The second kappa shape index (κ2) is 10.1. The normalized spacial score (nSPS) is 15.7. The highest BCUT2D eigenvalue weighted by molar-refractivity contribution is 5.94. The highest BCUT2D eigenvalue weighted by atomic mass is 16.1. The maximum Gasteiger partial charge on any atom is 0.251 e. The van der Waals surface area contributed by atoms with E-state index < -0.39 is 0 Å². The summed E-state index contributed by atoms with van der Waals surface area (Å²) < 4.78 is 0. The summed E-state index contributed by atoms with van der Waals surface area (Å²) in [6.45, 7) is 4.29. The zero-order valence-electron chi connectivity index (χ0n) is 17.5. The fourth-order valence-corrected chi connectivity index (χ4v) is 4.13. The van der Waals surface area contributed by atoms with Crippen LogP contribution in [0.4, 0.5) is 0 Å². The summed E-state index contributed by atoms with van der Waals surface area (Å²) in [4.78, 5) is 16.6. The van der Waals surface area contributed by atoms with E-state index in [0.29, 0.717) is 12.1 Å². The van der Waals surface area contributed by atoms with Gasteiger partial charge in [-0.05, 0) is 43.0 Å². The molecule has 5 nitrogen and oxygen atoms in total. The van der Waals surface area contributed by atoms with Crippen LogP contribution in [0.15, 0.2) is 59.6 Å². The first kappa shape index (κ1) is 20.9. The zero-order valence-corrected chi connectivity index (χ0v) is 17.5. The van der Waals surface area contributed by atoms with Crippen LogP contribution in [0.25, 0.3) is 0 Å². The van der Waals surface area contributed by atoms with Crippen molar-refractivity contribution in [1.82, 2.24) is 16.0 Å². The molecular weight excluding hydrogens is 360 g/mol. The standard InChI is InChI=1S/C24H32N4O/c1-3-26-23(27-17-19-10-9-11-20(16-19)22(29)25-2)28-18-24(14-7-8-15-24)21-12-5-4-6-13-21/h4-6,9-13,16H,3,7-8,14-15,17-18H2,1-2H3,(H,25,29)(H2,26,27,28). The molecule has 154 valence electrons. The molecule has 29 heavy (non-hydrogen) atoms. The smallest absolute Gasteiger partial charge is 0.251 e. The number of benzene rings is 2. The number of guanidine groups is 1. The molecule has 0 saturated heterocycles. The number of carbonyl (C=O) groups is 1. The van der Waals surface area contributed by atoms with Gasteiger partial charge in [-0.1, -0.05) is 55.3 Å². The second-order valence-electron chi connectivity index (χ2n) is 7.68. The summed E-state index contributed by atoms with van der Waals surface area (Å²) in [5.41, 5.74) is 3.27. The third kappa shape index (κ3) is 5.37. The molecule has 2 aromatic carbocycles. The molecule has 0 radical (unpaired) electrons. The van der Waals surface area contributed by atoms with Gasteiger partial charge < -0.3 is 16.0 Å². The molecular formula is C24H32N4O. The molecule has 0 spiro atoms. The third-order valence-corrected chi connectivity index (χ3v) is 5.72. The molecule has 1 saturated carbocycles. The van der Waals surface area contributed by atoms with Crippen LogP contribution in [0.3, 0.4) is 0 Å². The monoisotopic (exact) mass is 392 g/mol. The van der Waals surface area contributed by atoms with Gasteiger partial charge in [0.2, 0.25) is 0 Å². The van der Waals surface area contributed by atoms with Crippen molar-refractivity contribution < 1.29 is 4.79 Å². The van der Waals surface area contributed by atoms with Crippen LogP contribution < -0.4 is 16.0 Å². The van der Waals surface area contributed by atoms with Gasteiger partial charge in [0.1, 0.15) is 0 Å². The van der Waals surface area contributed by atoms with Gasteiger partial charge in [0.05, 0.1) is 6.54 Å². The fraction of sp³-hybridized carbons (Fsp3) is 0.417. The van der Waals surface area contributed by atoms with E-state index in [2.05, 4.69) is 53.2 Å². The number of nitrogens with zero attached hydrogens (tertiary/aromatic N) is 1. The number of hydrogen-bond donors (Lipinski definition) is 3. The average molecular weight is 393 g/mol. The summed E-state index contributed by atoms with van der Waals surface area (Å²) in [6.07, 6.45) is 4.96. The lowest BCUT2D eigenvalue weighted by Gasteiger charge is -2.30. The Morgan fingerprint density at radius 2 is 1.79 bits per heavy atom. The number of hydrogen-bond acceptors (Lipinski definition) is 2. The van der Waals surface area contributed by atoms with Crippen molar-refractivity contribution in [3.05, 3.63) is 71.3 Å². The van der Waals surface area contributed by atoms with E-state index in [1.807, 2.05) is 24.3 Å². The van der Waals surface area contributed by atoms with E-state index in [1.54, 1.807) is 7.05 Å². The first-order chi connectivity index (χ1) is 14.2. The van der Waals surface area contributed by atoms with Crippen molar-refractivity contribution in [3.63, 3.8) is 0 Å². The minimum atomic E-state index is -0.0769. The van der Waals surface area contributed by atoms with Gasteiger partial charge in [0.25, 0.3) is 5.91 Å². The Morgan fingerprint density at radius 1 is 1.03 bits per heavy atom. The van der Waals surface area contributed by atoms with Crippen molar-refractivity contribution in [3.8, 4) is 0 Å². The molecule has 0 bridgehead atoms. The highest BCUT2D eigenvalue weighted by Crippen LogP contribution is 2.40. The third-order valence-electron chi connectivity index (χ3n) is 5.72. The minimum Gasteiger partial charge on any atom is -0.357 e. The molecule has 0 aromatic heterocycles. The Bertz CT molecular complexity index is 826. The SMILES string of the molecule is CCNC(=NCc1cccc(C(=O)NC)c1)NCC1(c2ccccc2)CCCC1. The number of rotatable bonds is 7. The number of nitrogens with one attached hydrogen (secondary N) is 3. The van der Waals surface area contributed by atoms with Gasteiger partial charge in [0.15, 0.2) is 5.96 Å². The van der Waals surface area contributed by atoms with Crippen LogP contribution in [0.2, 0.25) is 0 Å². The maximum atomic E-state index is 11.9. The summed E-state index contributed by atoms with van der Waals surface area (Å²) in [7, 11) is 1.64. The largest absolute Gasteiger partial charge is 0.357 e. The van der Waals surface area contributed by atoms with Crippen LogP contribution in [0.5, 0.6) is 0 Å². The van der Waals surface area contributed by atoms with Gasteiger partial charge >= 0.3 is 0 Å². The molecule has 1 aliphatic rings. The van der Waals surface area contributed by atoms with Gasteiger partial charge in [-0.3, -0.25) is 4.79 Å². The predicted octanol–water partition coefficient (Wildman–Crippen LogP) is 3.61. The van der Waals surface area contributed by atoms with Crippen molar-refractivity contribution in [1.29, 1.82) is 0 Å². The Labute approximate surface area is 174 Å². The van der Waals surface area contributed by atoms with E-state index >= 15 is 0 Å². The molecule has 3 N–H and O–H groups in total. The molecule has 1 amide bonds. The summed E-state index contributed by atoms with van der Waals surface area (Å²) in [5, 5.41) is 9.60. The first-order valence-electron chi connectivity index (χ1n) is 10.6. The van der Waals surface area contributed by atoms with Crippen LogP contribution in [0, 0.1) is 0 Å². The van der Waals surface area contributed by atoms with Crippen molar-refractivity contribution in [2.24, 2.45) is 4.99 Å². The van der Waals surface area contributed by atoms with Gasteiger partial charge in [-0.15, -0.1) is 0 Å². The van der Waals surface area contributed by atoms with Gasteiger partial charge in [-0.2, -0.15) is 0 Å². The van der Waals surface area contributed by atoms with E-state index in [1.165, 1.54) is 31.2 Å². The molecule has 5 heteroatoms. The Hall–Kier alpha value is -2.82. The lowest BCUT2D eigenvalue weighted by atomic mass is 9.79. The van der Waals surface area contributed by atoms with Crippen LogP contribution in [-0.4, -0.2) is 32.0 Å². The van der Waals surface area contributed by atoms with E-state index in [4.69, 9.17) is 4.99 Å². The fourth-order valence-electron chi connectivity index (χ4n) is 4.13. The average Bonchev–Trinajstić information content (AvgIpc) is 3.26. The Morgan fingerprint density at radius 3 is 2.48 bits per heavy atom. The maximum absolute atomic E-state index is 11.9. The summed E-state index contributed by atoms with van der Waals surface area (Å²) >= 11 is 0. The Balaban J connectivity index is 1.70. The van der Waals surface area contributed by atoms with Crippen molar-refractivity contribution in [2.45, 2.75) is 44.6 Å². The molecule has 0 heterocycles. The van der Waals surface area contributed by atoms with E-state index in [9.17, 15) is 4.79 Å². The van der Waals surface area contributed by atoms with E-state index in [0.717, 1.165) is 24.6 Å². The Kier molecular flexibility index (Phi) is 7.28. The topological polar surface area (TPSA) is 65.5 Å². The predicted molar refractivity (Wildman–Crippen MR) is 119 cm³/mol. The zero-order chi connectivity index (χ0) is 20.5. The van der Waals surface area contributed by atoms with E-state index in [-0.39, 0.29) is 11.3 Å². The van der Waals surface area contributed by atoms with Crippen molar-refractivity contribution >= 4 is 11.9 Å². The lowest BCUT2D eigenvalue weighted by molar-refractivity contribution is 0.0963. The van der Waals surface area contributed by atoms with Gasteiger partial charge in [0, 0.05) is 31.1 Å². The molecule has 0 atom stereocenters. The molecule has 3 rings (SSSR count). The number of carbonyl (C=O) groups excluding carboxylic acids is 1. The van der Waals surface area contributed by atoms with Crippen LogP contribution >= 0.6 is 0 Å². The second-order valence-corrected chi connectivity index (χ2v) is 7.68. The molecule has 1 fully saturated rings. The molecule has 0 unspecified atom stereocenters. The number of amides is 1. The first-order valence-corrected chi connectivity index (χ1v) is 10.6. The molecule has 1 aliphatic carbocycles. The summed E-state index contributed by atoms with van der Waals surface area (Å²) in [6, 6.07) is 18.5. The van der Waals surface area contributed by atoms with Gasteiger partial charge in [-0.25, -0.2) is 4.99 Å². The molecule has 2 aromatic rings. The molecule has 0 aliphatic heterocycles. The quantitative estimate of drug-likeness (QED) is 0.498. The van der Waals surface area contributed by atoms with Crippen molar-refractivity contribution in [2.75, 3.05) is 20.1 Å². The minimum absolute atomic E-state index is 0.0769. The van der Waals surface area contributed by atoms with Crippen LogP contribution in [-0.2, 0) is 12.0 Å². The number of aliphatic imine (C=N–C) groups is 1.